The van der Waals surface area contributed by atoms with Gasteiger partial charge in [-0.15, -0.1) is 0 Å². The number of hydrogen-bond acceptors (Lipinski definition) is 4. The van der Waals surface area contributed by atoms with Crippen LogP contribution in [0, 0.1) is 0 Å². The molecule has 0 bridgehead atoms. The van der Waals surface area contributed by atoms with Gasteiger partial charge in [-0.25, -0.2) is 0 Å². The molecule has 0 saturated carbocycles. The maximum Gasteiger partial charge on any atom is 0.181 e. The number of hydrogen-bond donors (Lipinski definition) is 1. The van der Waals surface area contributed by atoms with E-state index in [1.807, 2.05) is 25.1 Å². The molecule has 0 amide bonds. The van der Waals surface area contributed by atoms with E-state index in [1.165, 1.54) is 0 Å². The van der Waals surface area contributed by atoms with Gasteiger partial charge in [0, 0.05) is 23.5 Å². The minimum Gasteiger partial charge on any atom is -0.346 e. The molecular weight excluding hydrogens is 288 g/mol. The molecule has 0 aliphatic carbocycles. The Morgan fingerprint density at radius 3 is 2.76 bits per heavy atom. The zero-order valence-electron chi connectivity index (χ0n) is 12.4. The molecule has 2 fully saturated rings. The summed E-state index contributed by atoms with van der Waals surface area (Å²) < 4.78 is 11.7. The van der Waals surface area contributed by atoms with Crippen LogP contribution in [0.3, 0.4) is 0 Å². The van der Waals surface area contributed by atoms with E-state index in [2.05, 4.69) is 11.0 Å². The maximum absolute atomic E-state index is 6.27. The predicted octanol–water partition coefficient (Wildman–Crippen LogP) is 2.57. The van der Waals surface area contributed by atoms with Gasteiger partial charge in [-0.2, -0.15) is 0 Å². The van der Waals surface area contributed by atoms with E-state index < -0.39 is 5.79 Å². The summed E-state index contributed by atoms with van der Waals surface area (Å²) in [5.74, 6) is -0.427. The Kier molecular flexibility index (Phi) is 4.52. The third-order valence-electron chi connectivity index (χ3n) is 4.34. The Labute approximate surface area is 131 Å². The molecule has 1 aromatic rings. The summed E-state index contributed by atoms with van der Waals surface area (Å²) in [6.45, 7) is 5.20. The van der Waals surface area contributed by atoms with E-state index >= 15 is 0 Å². The zero-order chi connectivity index (χ0) is 14.9. The number of benzene rings is 1. The lowest BCUT2D eigenvalue weighted by atomic mass is 9.95. The molecule has 1 spiro atoms. The van der Waals surface area contributed by atoms with Crippen molar-refractivity contribution in [1.82, 2.24) is 4.90 Å². The van der Waals surface area contributed by atoms with Gasteiger partial charge in [0.25, 0.3) is 0 Å². The fourth-order valence-corrected chi connectivity index (χ4v) is 3.73. The maximum atomic E-state index is 6.27. The van der Waals surface area contributed by atoms with Crippen LogP contribution in [0.4, 0.5) is 0 Å². The van der Waals surface area contributed by atoms with Crippen molar-refractivity contribution in [3.63, 3.8) is 0 Å². The lowest BCUT2D eigenvalue weighted by Gasteiger charge is -2.43. The van der Waals surface area contributed by atoms with E-state index in [4.69, 9.17) is 26.8 Å². The molecular formula is C16H23ClN2O2. The van der Waals surface area contributed by atoms with Gasteiger partial charge in [0.15, 0.2) is 5.79 Å². The second-order valence-corrected chi connectivity index (χ2v) is 6.48. The third kappa shape index (κ3) is 3.25. The van der Waals surface area contributed by atoms with E-state index in [1.54, 1.807) is 0 Å². The first-order chi connectivity index (χ1) is 10.1. The zero-order valence-corrected chi connectivity index (χ0v) is 13.2. The number of halogens is 1. The van der Waals surface area contributed by atoms with Crippen molar-refractivity contribution in [2.24, 2.45) is 5.73 Å². The normalized spacial score (nSPS) is 25.1. The van der Waals surface area contributed by atoms with Crippen molar-refractivity contribution in [3.05, 3.63) is 34.9 Å². The number of nitrogens with zero attached hydrogens (tertiary/aromatic N) is 1. The molecule has 116 valence electrons. The summed E-state index contributed by atoms with van der Waals surface area (Å²) in [5, 5.41) is 0.748. The molecule has 2 heterocycles. The lowest BCUT2D eigenvalue weighted by Crippen LogP contribution is -2.52. The van der Waals surface area contributed by atoms with Crippen molar-refractivity contribution in [3.8, 4) is 0 Å². The monoisotopic (exact) mass is 310 g/mol. The van der Waals surface area contributed by atoms with E-state index in [0.717, 1.165) is 36.5 Å². The Bertz CT molecular complexity index is 489. The van der Waals surface area contributed by atoms with Gasteiger partial charge < -0.3 is 15.2 Å². The van der Waals surface area contributed by atoms with Crippen molar-refractivity contribution in [2.45, 2.75) is 37.6 Å². The van der Waals surface area contributed by atoms with Gasteiger partial charge >= 0.3 is 0 Å². The molecule has 4 nitrogen and oxygen atoms in total. The molecule has 2 N–H and O–H groups in total. The van der Waals surface area contributed by atoms with Crippen LogP contribution < -0.4 is 5.73 Å². The van der Waals surface area contributed by atoms with Crippen LogP contribution in [0.5, 0.6) is 0 Å². The Morgan fingerprint density at radius 2 is 2.10 bits per heavy atom. The first-order valence-corrected chi connectivity index (χ1v) is 8.00. The summed E-state index contributed by atoms with van der Waals surface area (Å²) in [5.41, 5.74) is 7.43. The van der Waals surface area contributed by atoms with Crippen molar-refractivity contribution < 1.29 is 9.47 Å². The second-order valence-electron chi connectivity index (χ2n) is 6.04. The first-order valence-electron chi connectivity index (χ1n) is 7.63. The van der Waals surface area contributed by atoms with E-state index in [9.17, 15) is 0 Å². The average Bonchev–Trinajstić information content (AvgIpc) is 2.87. The van der Waals surface area contributed by atoms with E-state index in [-0.39, 0.29) is 12.1 Å². The molecule has 5 heteroatoms. The van der Waals surface area contributed by atoms with Crippen LogP contribution in [-0.4, -0.2) is 43.0 Å². The van der Waals surface area contributed by atoms with Gasteiger partial charge in [0.2, 0.25) is 0 Å². The minimum absolute atomic E-state index is 0.0139. The number of likely N-dealkylation sites (tertiary alicyclic amines) is 1. The highest BCUT2D eigenvalue weighted by atomic mass is 35.5. The number of nitrogens with two attached hydrogens (primary N) is 1. The molecule has 3 rings (SSSR count). The quantitative estimate of drug-likeness (QED) is 0.932. The molecule has 0 radical (unpaired) electrons. The molecule has 2 unspecified atom stereocenters. The van der Waals surface area contributed by atoms with Crippen molar-refractivity contribution >= 4 is 11.6 Å². The Balaban J connectivity index is 1.83. The lowest BCUT2D eigenvalue weighted by molar-refractivity contribution is -0.194. The second kappa shape index (κ2) is 6.23. The van der Waals surface area contributed by atoms with Crippen LogP contribution in [0.25, 0.3) is 0 Å². The molecule has 2 atom stereocenters. The smallest absolute Gasteiger partial charge is 0.181 e. The summed E-state index contributed by atoms with van der Waals surface area (Å²) in [4.78, 5) is 2.38. The standard InChI is InChI=1S/C16H23ClN2O2/c1-12(18)15(13-4-2-5-14(17)10-13)19-7-3-6-16(11-19)20-8-9-21-16/h2,4-5,10,12,15H,3,6-9,11,18H2,1H3. The SMILES string of the molecule is CC(N)C(c1cccc(Cl)c1)N1CCCC2(C1)OCCO2. The van der Waals surface area contributed by atoms with Crippen LogP contribution in [0.1, 0.15) is 31.4 Å². The highest BCUT2D eigenvalue weighted by molar-refractivity contribution is 6.30. The fraction of sp³-hybridized carbons (Fsp3) is 0.625. The van der Waals surface area contributed by atoms with Crippen LogP contribution in [0.15, 0.2) is 24.3 Å². The summed E-state index contributed by atoms with van der Waals surface area (Å²) >= 11 is 6.14. The highest BCUT2D eigenvalue weighted by Crippen LogP contribution is 2.35. The summed E-state index contributed by atoms with van der Waals surface area (Å²) in [7, 11) is 0. The molecule has 1 aromatic carbocycles. The van der Waals surface area contributed by atoms with Gasteiger partial charge in [-0.1, -0.05) is 23.7 Å². The molecule has 2 aliphatic rings. The number of ether oxygens (including phenoxy) is 2. The third-order valence-corrected chi connectivity index (χ3v) is 4.58. The fourth-order valence-electron chi connectivity index (χ4n) is 3.53. The van der Waals surface area contributed by atoms with Crippen molar-refractivity contribution in [2.75, 3.05) is 26.3 Å². The number of rotatable bonds is 3. The topological polar surface area (TPSA) is 47.7 Å². The average molecular weight is 311 g/mol. The van der Waals surface area contributed by atoms with Gasteiger partial charge in [-0.3, -0.25) is 4.90 Å². The van der Waals surface area contributed by atoms with Crippen LogP contribution >= 0.6 is 11.6 Å². The predicted molar refractivity (Wildman–Crippen MR) is 83.3 cm³/mol. The van der Waals surface area contributed by atoms with E-state index in [0.29, 0.717) is 13.2 Å². The number of piperidine rings is 1. The molecule has 0 aromatic heterocycles. The van der Waals surface area contributed by atoms with Gasteiger partial charge in [-0.05, 0) is 37.6 Å². The van der Waals surface area contributed by atoms with Gasteiger partial charge in [0.1, 0.15) is 0 Å². The summed E-state index contributed by atoms with van der Waals surface area (Å²) in [6.07, 6.45) is 2.02. The molecule has 2 aliphatic heterocycles. The van der Waals surface area contributed by atoms with Crippen molar-refractivity contribution in [1.29, 1.82) is 0 Å². The molecule has 2 saturated heterocycles. The van der Waals surface area contributed by atoms with Gasteiger partial charge in [0.05, 0.1) is 19.8 Å². The Hall–Kier alpha value is -0.650. The minimum atomic E-state index is -0.427. The summed E-state index contributed by atoms with van der Waals surface area (Å²) in [6, 6.07) is 8.12. The first kappa shape index (κ1) is 15.3. The largest absolute Gasteiger partial charge is 0.346 e. The Morgan fingerprint density at radius 1 is 1.33 bits per heavy atom. The van der Waals surface area contributed by atoms with Crippen LogP contribution in [-0.2, 0) is 9.47 Å². The highest BCUT2D eigenvalue weighted by Gasteiger charge is 2.43. The van der Waals surface area contributed by atoms with Crippen LogP contribution in [0.2, 0.25) is 5.02 Å². The molecule has 21 heavy (non-hydrogen) atoms.